The number of rotatable bonds is 5. The zero-order chi connectivity index (χ0) is 13.7. The van der Waals surface area contributed by atoms with Gasteiger partial charge in [0.25, 0.3) is 0 Å². The molecule has 0 saturated carbocycles. The Kier molecular flexibility index (Phi) is 5.79. The summed E-state index contributed by atoms with van der Waals surface area (Å²) in [5.74, 6) is 0.589. The molecule has 19 heavy (non-hydrogen) atoms. The minimum atomic E-state index is -0.170. The number of benzene rings is 1. The van der Waals surface area contributed by atoms with Gasteiger partial charge in [0.05, 0.1) is 0 Å². The Morgan fingerprint density at radius 2 is 2.11 bits per heavy atom. The van der Waals surface area contributed by atoms with Gasteiger partial charge >= 0.3 is 0 Å². The van der Waals surface area contributed by atoms with Crippen LogP contribution in [0.25, 0.3) is 0 Å². The number of nitrogens with one attached hydrogen (secondary N) is 1. The lowest BCUT2D eigenvalue weighted by Gasteiger charge is -2.31. The number of likely N-dealkylation sites (tertiary alicyclic amines) is 1. The molecular weight excluding hydrogens is 307 g/mol. The molecule has 0 aliphatic carbocycles. The van der Waals surface area contributed by atoms with Crippen molar-refractivity contribution in [1.29, 1.82) is 0 Å². The first-order valence-electron chi connectivity index (χ1n) is 7.06. The molecule has 0 amide bonds. The van der Waals surface area contributed by atoms with Gasteiger partial charge in [0.1, 0.15) is 5.82 Å². The van der Waals surface area contributed by atoms with Crippen molar-refractivity contribution in [2.24, 2.45) is 5.92 Å². The van der Waals surface area contributed by atoms with Gasteiger partial charge in [-0.05, 0) is 68.7 Å². The lowest BCUT2D eigenvalue weighted by atomic mass is 9.97. The van der Waals surface area contributed by atoms with Gasteiger partial charge < -0.3 is 10.2 Å². The van der Waals surface area contributed by atoms with Crippen molar-refractivity contribution in [3.63, 3.8) is 0 Å². The van der Waals surface area contributed by atoms with Crippen LogP contribution in [0.15, 0.2) is 22.7 Å². The minimum Gasteiger partial charge on any atom is -0.312 e. The summed E-state index contributed by atoms with van der Waals surface area (Å²) in [4.78, 5) is 2.50. The van der Waals surface area contributed by atoms with Crippen LogP contribution in [-0.4, -0.2) is 31.1 Å². The lowest BCUT2D eigenvalue weighted by Crippen LogP contribution is -2.37. The van der Waals surface area contributed by atoms with Crippen molar-refractivity contribution in [3.8, 4) is 0 Å². The van der Waals surface area contributed by atoms with Gasteiger partial charge in [0.2, 0.25) is 0 Å². The average Bonchev–Trinajstić information content (AvgIpc) is 2.43. The maximum absolute atomic E-state index is 13.2. The second kappa shape index (κ2) is 7.36. The van der Waals surface area contributed by atoms with E-state index >= 15 is 0 Å². The summed E-state index contributed by atoms with van der Waals surface area (Å²) < 4.78 is 14.1. The zero-order valence-electron chi connectivity index (χ0n) is 11.5. The molecule has 1 fully saturated rings. The van der Waals surface area contributed by atoms with Crippen LogP contribution in [0.5, 0.6) is 0 Å². The van der Waals surface area contributed by atoms with E-state index in [0.717, 1.165) is 35.6 Å². The van der Waals surface area contributed by atoms with E-state index in [4.69, 9.17) is 0 Å². The zero-order valence-corrected chi connectivity index (χ0v) is 13.0. The Hall–Kier alpha value is -0.450. The van der Waals surface area contributed by atoms with Crippen molar-refractivity contribution in [1.82, 2.24) is 10.2 Å². The molecule has 1 N–H and O–H groups in total. The molecule has 0 unspecified atom stereocenters. The summed E-state index contributed by atoms with van der Waals surface area (Å²) in [5, 5.41) is 3.46. The van der Waals surface area contributed by atoms with Crippen LogP contribution in [0.2, 0.25) is 0 Å². The fourth-order valence-corrected chi connectivity index (χ4v) is 2.98. The number of hydrogen-bond donors (Lipinski definition) is 1. The molecule has 1 saturated heterocycles. The summed E-state index contributed by atoms with van der Waals surface area (Å²) in [7, 11) is 0. The maximum Gasteiger partial charge on any atom is 0.123 e. The summed E-state index contributed by atoms with van der Waals surface area (Å²) in [6, 6.07) is 4.84. The van der Waals surface area contributed by atoms with E-state index in [1.165, 1.54) is 32.0 Å². The van der Waals surface area contributed by atoms with Crippen molar-refractivity contribution >= 4 is 15.9 Å². The van der Waals surface area contributed by atoms with Crippen LogP contribution in [0.3, 0.4) is 0 Å². The molecule has 2 nitrogen and oxygen atoms in total. The second-order valence-corrected chi connectivity index (χ2v) is 6.10. The standard InChI is InChI=1S/C15H22BrFN2/c1-2-19-7-5-12(6-8-19)10-18-11-13-9-14(17)3-4-15(13)16/h3-4,9,12,18H,2,5-8,10-11H2,1H3. The molecule has 4 heteroatoms. The van der Waals surface area contributed by atoms with Crippen LogP contribution in [-0.2, 0) is 6.54 Å². The predicted octanol–water partition coefficient (Wildman–Crippen LogP) is 3.41. The van der Waals surface area contributed by atoms with Gasteiger partial charge in [-0.25, -0.2) is 4.39 Å². The highest BCUT2D eigenvalue weighted by atomic mass is 79.9. The van der Waals surface area contributed by atoms with Crippen molar-refractivity contribution in [2.45, 2.75) is 26.3 Å². The van der Waals surface area contributed by atoms with Crippen molar-refractivity contribution in [3.05, 3.63) is 34.1 Å². The first-order chi connectivity index (χ1) is 9.19. The van der Waals surface area contributed by atoms with Gasteiger partial charge in [0, 0.05) is 11.0 Å². The third kappa shape index (κ3) is 4.55. The van der Waals surface area contributed by atoms with Crippen molar-refractivity contribution in [2.75, 3.05) is 26.2 Å². The van der Waals surface area contributed by atoms with E-state index < -0.39 is 0 Å². The Bertz CT molecular complexity index is 403. The van der Waals surface area contributed by atoms with Crippen LogP contribution in [0, 0.1) is 11.7 Å². The first-order valence-corrected chi connectivity index (χ1v) is 7.85. The highest BCUT2D eigenvalue weighted by Crippen LogP contribution is 2.19. The van der Waals surface area contributed by atoms with Crippen LogP contribution < -0.4 is 5.32 Å². The second-order valence-electron chi connectivity index (χ2n) is 5.24. The highest BCUT2D eigenvalue weighted by molar-refractivity contribution is 9.10. The molecule has 0 radical (unpaired) electrons. The molecular formula is C15H22BrFN2. The normalized spacial score (nSPS) is 17.8. The molecule has 1 heterocycles. The summed E-state index contributed by atoms with van der Waals surface area (Å²) in [6.07, 6.45) is 2.54. The fraction of sp³-hybridized carbons (Fsp3) is 0.600. The predicted molar refractivity (Wildman–Crippen MR) is 80.6 cm³/mol. The largest absolute Gasteiger partial charge is 0.312 e. The topological polar surface area (TPSA) is 15.3 Å². The molecule has 0 atom stereocenters. The third-order valence-corrected chi connectivity index (χ3v) is 4.68. The monoisotopic (exact) mass is 328 g/mol. The Labute approximate surface area is 123 Å². The molecule has 1 aromatic carbocycles. The maximum atomic E-state index is 13.2. The number of nitrogens with zero attached hydrogens (tertiary/aromatic N) is 1. The highest BCUT2D eigenvalue weighted by Gasteiger charge is 2.17. The Morgan fingerprint density at radius 3 is 2.79 bits per heavy atom. The molecule has 0 spiro atoms. The Morgan fingerprint density at radius 1 is 1.37 bits per heavy atom. The van der Waals surface area contributed by atoms with Crippen LogP contribution in [0.4, 0.5) is 4.39 Å². The van der Waals surface area contributed by atoms with Crippen molar-refractivity contribution < 1.29 is 4.39 Å². The number of halogens is 2. The van der Waals surface area contributed by atoms with E-state index in [9.17, 15) is 4.39 Å². The molecule has 0 bridgehead atoms. The first kappa shape index (κ1) is 14.9. The molecule has 0 aromatic heterocycles. The molecule has 1 aliphatic heterocycles. The SMILES string of the molecule is CCN1CCC(CNCc2cc(F)ccc2Br)CC1. The quantitative estimate of drug-likeness (QED) is 0.891. The summed E-state index contributed by atoms with van der Waals surface area (Å²) >= 11 is 3.46. The smallest absolute Gasteiger partial charge is 0.123 e. The summed E-state index contributed by atoms with van der Waals surface area (Å²) in [6.45, 7) is 7.57. The molecule has 1 aromatic rings. The van der Waals surface area contributed by atoms with Gasteiger partial charge in [-0.15, -0.1) is 0 Å². The van der Waals surface area contributed by atoms with Crippen LogP contribution >= 0.6 is 15.9 Å². The Balaban J connectivity index is 1.73. The van der Waals surface area contributed by atoms with E-state index in [0.29, 0.717) is 0 Å². The minimum absolute atomic E-state index is 0.170. The number of hydrogen-bond acceptors (Lipinski definition) is 2. The van der Waals surface area contributed by atoms with E-state index in [2.05, 4.69) is 33.1 Å². The van der Waals surface area contributed by atoms with Gasteiger partial charge in [-0.3, -0.25) is 0 Å². The number of piperidine rings is 1. The third-order valence-electron chi connectivity index (χ3n) is 3.91. The fourth-order valence-electron chi connectivity index (χ4n) is 2.60. The van der Waals surface area contributed by atoms with Crippen LogP contribution in [0.1, 0.15) is 25.3 Å². The average molecular weight is 329 g/mol. The summed E-state index contributed by atoms with van der Waals surface area (Å²) in [5.41, 5.74) is 0.992. The van der Waals surface area contributed by atoms with E-state index in [-0.39, 0.29) is 5.82 Å². The van der Waals surface area contributed by atoms with Gasteiger partial charge in [0.15, 0.2) is 0 Å². The molecule has 106 valence electrons. The molecule has 2 rings (SSSR count). The lowest BCUT2D eigenvalue weighted by molar-refractivity contribution is 0.190. The van der Waals surface area contributed by atoms with E-state index in [1.54, 1.807) is 12.1 Å². The van der Waals surface area contributed by atoms with Gasteiger partial charge in [-0.2, -0.15) is 0 Å². The molecule has 1 aliphatic rings. The van der Waals surface area contributed by atoms with Gasteiger partial charge in [-0.1, -0.05) is 22.9 Å². The van der Waals surface area contributed by atoms with E-state index in [1.807, 2.05) is 0 Å².